The van der Waals surface area contributed by atoms with Gasteiger partial charge >= 0.3 is 29.8 Å². The first-order valence-corrected chi connectivity index (χ1v) is 11.2. The molecule has 0 N–H and O–H groups in total. The number of hydrogen-bond acceptors (Lipinski definition) is 11. The second kappa shape index (κ2) is 13.4. The summed E-state index contributed by atoms with van der Waals surface area (Å²) >= 11 is 0. The van der Waals surface area contributed by atoms with Crippen LogP contribution in [0.1, 0.15) is 46.6 Å². The number of rotatable bonds is 9. The Bertz CT molecular complexity index is 982. The van der Waals surface area contributed by atoms with E-state index < -0.39 is 60.4 Å². The molecule has 11 nitrogen and oxygen atoms in total. The van der Waals surface area contributed by atoms with Gasteiger partial charge in [0.05, 0.1) is 0 Å². The molecule has 0 radical (unpaired) electrons. The zero-order valence-corrected chi connectivity index (χ0v) is 20.8. The summed E-state index contributed by atoms with van der Waals surface area (Å²) in [6.45, 7) is 5.75. The predicted molar refractivity (Wildman–Crippen MR) is 123 cm³/mol. The minimum Gasteiger partial charge on any atom is -0.463 e. The molecular formula is C25H30O11. The average Bonchev–Trinajstić information content (AvgIpc) is 2.76. The van der Waals surface area contributed by atoms with Crippen molar-refractivity contribution in [1.82, 2.24) is 0 Å². The molecular weight excluding hydrogens is 476 g/mol. The summed E-state index contributed by atoms with van der Waals surface area (Å²) in [4.78, 5) is 58.0. The summed E-state index contributed by atoms with van der Waals surface area (Å²) in [5.41, 5.74) is 0.788. The van der Waals surface area contributed by atoms with Crippen molar-refractivity contribution in [2.45, 2.75) is 71.6 Å². The third-order valence-electron chi connectivity index (χ3n) is 4.91. The van der Waals surface area contributed by atoms with E-state index in [0.29, 0.717) is 5.75 Å². The number of esters is 5. The Labute approximate surface area is 208 Å². The van der Waals surface area contributed by atoms with E-state index >= 15 is 0 Å². The lowest BCUT2D eigenvalue weighted by molar-refractivity contribution is -0.251. The van der Waals surface area contributed by atoms with Crippen LogP contribution in [0.25, 0.3) is 6.08 Å². The summed E-state index contributed by atoms with van der Waals surface area (Å²) in [6, 6.07) is 6.74. The van der Waals surface area contributed by atoms with E-state index in [9.17, 15) is 24.0 Å². The van der Waals surface area contributed by atoms with Gasteiger partial charge in [-0.3, -0.25) is 24.0 Å². The third kappa shape index (κ3) is 9.14. The SMILES string of the molecule is CC(=O)OC[C@H]1O[C@H](C/C=C/c2ccc(OC(C)=O)cc2)[C@H](OC(C)=O)[C@@H](OC(C)=O)[C@H]1OC(C)=O. The summed E-state index contributed by atoms with van der Waals surface area (Å²) < 4.78 is 32.3. The van der Waals surface area contributed by atoms with Crippen molar-refractivity contribution < 1.29 is 52.4 Å². The van der Waals surface area contributed by atoms with Gasteiger partial charge < -0.3 is 28.4 Å². The molecule has 196 valence electrons. The van der Waals surface area contributed by atoms with Crippen LogP contribution >= 0.6 is 0 Å². The van der Waals surface area contributed by atoms with Crippen LogP contribution in [0.4, 0.5) is 0 Å². The highest BCUT2D eigenvalue weighted by Gasteiger charge is 2.51. The van der Waals surface area contributed by atoms with Gasteiger partial charge in [0.15, 0.2) is 18.3 Å². The molecule has 0 saturated carbocycles. The van der Waals surface area contributed by atoms with Crippen LogP contribution in [0.5, 0.6) is 5.75 Å². The largest absolute Gasteiger partial charge is 0.463 e. The molecule has 1 aliphatic heterocycles. The van der Waals surface area contributed by atoms with Crippen LogP contribution in [0, 0.1) is 0 Å². The summed E-state index contributed by atoms with van der Waals surface area (Å²) in [6.07, 6.45) is -1.61. The molecule has 1 aromatic rings. The number of benzene rings is 1. The van der Waals surface area contributed by atoms with Crippen molar-refractivity contribution in [3.63, 3.8) is 0 Å². The maximum Gasteiger partial charge on any atom is 0.308 e. The molecule has 1 heterocycles. The number of ether oxygens (including phenoxy) is 6. The molecule has 1 saturated heterocycles. The normalized spacial score (nSPS) is 23.4. The Kier molecular flexibility index (Phi) is 10.6. The summed E-state index contributed by atoms with van der Waals surface area (Å²) in [5, 5.41) is 0. The second-order valence-corrected chi connectivity index (χ2v) is 8.04. The van der Waals surface area contributed by atoms with Crippen LogP contribution in [0.3, 0.4) is 0 Å². The van der Waals surface area contributed by atoms with Gasteiger partial charge in [-0.1, -0.05) is 24.3 Å². The van der Waals surface area contributed by atoms with Crippen LogP contribution in [0.2, 0.25) is 0 Å². The van der Waals surface area contributed by atoms with Crippen LogP contribution < -0.4 is 4.74 Å². The molecule has 2 rings (SSSR count). The molecule has 0 spiro atoms. The van der Waals surface area contributed by atoms with Crippen molar-refractivity contribution in [1.29, 1.82) is 0 Å². The molecule has 0 amide bonds. The molecule has 36 heavy (non-hydrogen) atoms. The first-order valence-electron chi connectivity index (χ1n) is 11.2. The van der Waals surface area contributed by atoms with E-state index in [2.05, 4.69) is 0 Å². The first kappa shape index (κ1) is 28.5. The molecule has 1 aromatic carbocycles. The Morgan fingerprint density at radius 2 is 1.25 bits per heavy atom. The average molecular weight is 507 g/mol. The van der Waals surface area contributed by atoms with Gasteiger partial charge in [-0.05, 0) is 24.1 Å². The fourth-order valence-electron chi connectivity index (χ4n) is 3.66. The molecule has 0 bridgehead atoms. The highest BCUT2D eigenvalue weighted by molar-refractivity contribution is 5.70. The van der Waals surface area contributed by atoms with E-state index in [1.807, 2.05) is 0 Å². The monoisotopic (exact) mass is 506 g/mol. The quantitative estimate of drug-likeness (QED) is 0.276. The minimum atomic E-state index is -1.20. The molecule has 5 atom stereocenters. The summed E-state index contributed by atoms with van der Waals surface area (Å²) in [5.74, 6) is -2.65. The molecule has 0 aromatic heterocycles. The Morgan fingerprint density at radius 1 is 0.722 bits per heavy atom. The Balaban J connectivity index is 2.31. The second-order valence-electron chi connectivity index (χ2n) is 8.04. The van der Waals surface area contributed by atoms with Crippen LogP contribution in [-0.2, 0) is 47.7 Å². The zero-order chi connectivity index (χ0) is 26.8. The smallest absolute Gasteiger partial charge is 0.308 e. The maximum absolute atomic E-state index is 11.9. The van der Waals surface area contributed by atoms with Crippen molar-refractivity contribution >= 4 is 35.9 Å². The van der Waals surface area contributed by atoms with E-state index in [4.69, 9.17) is 28.4 Å². The molecule has 0 unspecified atom stereocenters. The van der Waals surface area contributed by atoms with Crippen molar-refractivity contribution in [3.05, 3.63) is 35.9 Å². The first-order chi connectivity index (χ1) is 17.0. The van der Waals surface area contributed by atoms with E-state index in [-0.39, 0.29) is 13.0 Å². The van der Waals surface area contributed by atoms with Gasteiger partial charge in [-0.25, -0.2) is 0 Å². The van der Waals surface area contributed by atoms with Gasteiger partial charge in [0, 0.05) is 34.6 Å². The summed E-state index contributed by atoms with van der Waals surface area (Å²) in [7, 11) is 0. The Morgan fingerprint density at radius 3 is 1.75 bits per heavy atom. The fraction of sp³-hybridized carbons (Fsp3) is 0.480. The van der Waals surface area contributed by atoms with Gasteiger partial charge in [0.25, 0.3) is 0 Å². The van der Waals surface area contributed by atoms with E-state index in [1.54, 1.807) is 36.4 Å². The maximum atomic E-state index is 11.9. The standard InChI is InChI=1S/C25H30O11/c1-14(26)31-13-22-24(34-17(4)29)25(35-18(5)30)23(33-16(3)28)21(36-22)8-6-7-19-9-11-20(12-10-19)32-15(2)27/h6-7,9-12,21-25H,8,13H2,1-5H3/b7-6+/t21-,22-,23+,24+,25-/m1/s1. The predicted octanol–water partition coefficient (Wildman–Crippen LogP) is 2.14. The zero-order valence-electron chi connectivity index (χ0n) is 20.8. The van der Waals surface area contributed by atoms with Gasteiger partial charge in [-0.15, -0.1) is 0 Å². The number of hydrogen-bond donors (Lipinski definition) is 0. The molecule has 0 aliphatic carbocycles. The van der Waals surface area contributed by atoms with Gasteiger partial charge in [-0.2, -0.15) is 0 Å². The van der Waals surface area contributed by atoms with Gasteiger partial charge in [0.1, 0.15) is 24.6 Å². The number of carbonyl (C=O) groups is 5. The van der Waals surface area contributed by atoms with Gasteiger partial charge in [0.2, 0.25) is 0 Å². The minimum absolute atomic E-state index is 0.199. The van der Waals surface area contributed by atoms with Crippen LogP contribution in [-0.4, -0.2) is 67.0 Å². The molecule has 1 aliphatic rings. The highest BCUT2D eigenvalue weighted by Crippen LogP contribution is 2.31. The molecule has 1 fully saturated rings. The van der Waals surface area contributed by atoms with E-state index in [0.717, 1.165) is 12.5 Å². The molecule has 11 heteroatoms. The lowest BCUT2D eigenvalue weighted by Crippen LogP contribution is -2.62. The van der Waals surface area contributed by atoms with Crippen molar-refractivity contribution in [2.75, 3.05) is 6.61 Å². The lowest BCUT2D eigenvalue weighted by Gasteiger charge is -2.44. The lowest BCUT2D eigenvalue weighted by atomic mass is 9.92. The van der Waals surface area contributed by atoms with Crippen molar-refractivity contribution in [3.8, 4) is 5.75 Å². The van der Waals surface area contributed by atoms with Crippen molar-refractivity contribution in [2.24, 2.45) is 0 Å². The highest BCUT2D eigenvalue weighted by atomic mass is 16.7. The topological polar surface area (TPSA) is 141 Å². The fourth-order valence-corrected chi connectivity index (χ4v) is 3.66. The van der Waals surface area contributed by atoms with Crippen LogP contribution in [0.15, 0.2) is 30.3 Å². The van der Waals surface area contributed by atoms with E-state index in [1.165, 1.54) is 27.7 Å². The number of carbonyl (C=O) groups excluding carboxylic acids is 5. The Hall–Kier alpha value is -3.73. The third-order valence-corrected chi connectivity index (χ3v) is 4.91.